The second-order valence-corrected chi connectivity index (χ2v) is 3.53. The van der Waals surface area contributed by atoms with Crippen LogP contribution in [-0.2, 0) is 6.18 Å². The Kier molecular flexibility index (Phi) is 2.98. The van der Waals surface area contributed by atoms with Gasteiger partial charge in [0.15, 0.2) is 0 Å². The largest absolute Gasteiger partial charge is 0.440 e. The zero-order valence-corrected chi connectivity index (χ0v) is 8.89. The van der Waals surface area contributed by atoms with Crippen LogP contribution in [0.3, 0.4) is 0 Å². The van der Waals surface area contributed by atoms with Gasteiger partial charge in [0.05, 0.1) is 10.6 Å². The third kappa shape index (κ3) is 2.44. The summed E-state index contributed by atoms with van der Waals surface area (Å²) in [4.78, 5) is 12.4. The van der Waals surface area contributed by atoms with Crippen LogP contribution in [-0.4, -0.2) is 9.91 Å². The van der Waals surface area contributed by atoms with Gasteiger partial charge < -0.3 is 0 Å². The van der Waals surface area contributed by atoms with E-state index in [0.29, 0.717) is 0 Å². The van der Waals surface area contributed by atoms with Crippen molar-refractivity contribution in [3.05, 3.63) is 32.0 Å². The fraction of sp³-hybridized carbons (Fsp3) is 0.286. The van der Waals surface area contributed by atoms with E-state index in [1.807, 2.05) is 0 Å². The topological polar surface area (TPSA) is 56.0 Å². The molecule has 4 nitrogen and oxygen atoms in total. The lowest BCUT2D eigenvalue weighted by atomic mass is 10.2. The molecular formula is C7H4BrF3N2O2. The Hall–Kier alpha value is -1.18. The Bertz CT molecular complexity index is 419. The monoisotopic (exact) mass is 284 g/mol. The van der Waals surface area contributed by atoms with Crippen LogP contribution in [0.5, 0.6) is 0 Å². The molecule has 82 valence electrons. The number of nitro groups is 1. The molecule has 1 aromatic heterocycles. The molecule has 0 radical (unpaired) electrons. The second kappa shape index (κ2) is 3.76. The summed E-state index contributed by atoms with van der Waals surface area (Å²) in [6.45, 7) is 1.32. The summed E-state index contributed by atoms with van der Waals surface area (Å²) in [6, 6.07) is 0.797. The summed E-state index contributed by atoms with van der Waals surface area (Å²) in [6.07, 6.45) is -4.83. The van der Waals surface area contributed by atoms with Gasteiger partial charge in [-0.25, -0.2) is 4.98 Å². The van der Waals surface area contributed by atoms with Crippen molar-refractivity contribution in [3.63, 3.8) is 0 Å². The predicted octanol–water partition coefficient (Wildman–Crippen LogP) is 3.08. The minimum absolute atomic E-state index is 0.0490. The van der Waals surface area contributed by atoms with Crippen LogP contribution in [0.4, 0.5) is 18.9 Å². The zero-order valence-electron chi connectivity index (χ0n) is 7.30. The Morgan fingerprint density at radius 3 is 2.47 bits per heavy atom. The van der Waals surface area contributed by atoms with Gasteiger partial charge in [0.1, 0.15) is 0 Å². The number of pyridine rings is 1. The number of halogens is 4. The highest BCUT2D eigenvalue weighted by Crippen LogP contribution is 2.36. The summed E-state index contributed by atoms with van der Waals surface area (Å²) in [5.74, 6) is 0. The molecule has 0 aromatic carbocycles. The number of hydrogen-bond acceptors (Lipinski definition) is 3. The molecule has 0 spiro atoms. The van der Waals surface area contributed by atoms with Crippen molar-refractivity contribution >= 4 is 21.6 Å². The average molecular weight is 285 g/mol. The maximum absolute atomic E-state index is 12.3. The van der Waals surface area contributed by atoms with Crippen LogP contribution in [0.2, 0.25) is 0 Å². The van der Waals surface area contributed by atoms with Gasteiger partial charge in [-0.1, -0.05) is 0 Å². The maximum atomic E-state index is 12.3. The van der Waals surface area contributed by atoms with Gasteiger partial charge in [0, 0.05) is 10.5 Å². The first-order chi connectivity index (χ1) is 6.73. The molecule has 1 rings (SSSR count). The van der Waals surface area contributed by atoms with Crippen LogP contribution in [0, 0.1) is 17.0 Å². The summed E-state index contributed by atoms with van der Waals surface area (Å²) in [5, 5.41) is 10.4. The van der Waals surface area contributed by atoms with Gasteiger partial charge in [-0.2, -0.15) is 13.2 Å². The first kappa shape index (κ1) is 11.9. The molecule has 0 bridgehead atoms. The van der Waals surface area contributed by atoms with Crippen molar-refractivity contribution < 1.29 is 18.1 Å². The zero-order chi connectivity index (χ0) is 11.8. The molecule has 0 fully saturated rings. The summed E-state index contributed by atoms with van der Waals surface area (Å²) < 4.78 is 37.2. The standard InChI is InChI=1S/C7H4BrF3N2O2/c1-3-4(8)2-5(13(14)15)6(12-3)7(9,10)11/h2H,1H3. The SMILES string of the molecule is Cc1nc(C(F)(F)F)c([N+](=O)[O-])cc1Br. The fourth-order valence-corrected chi connectivity index (χ4v) is 1.22. The number of rotatable bonds is 1. The van der Waals surface area contributed by atoms with Crippen LogP contribution >= 0.6 is 15.9 Å². The Morgan fingerprint density at radius 2 is 2.07 bits per heavy atom. The van der Waals surface area contributed by atoms with E-state index in [-0.39, 0.29) is 10.2 Å². The molecule has 0 N–H and O–H groups in total. The minimum atomic E-state index is -4.83. The van der Waals surface area contributed by atoms with E-state index >= 15 is 0 Å². The van der Waals surface area contributed by atoms with Gasteiger partial charge in [0.25, 0.3) is 0 Å². The van der Waals surface area contributed by atoms with Crippen molar-refractivity contribution in [2.45, 2.75) is 13.1 Å². The minimum Gasteiger partial charge on any atom is -0.258 e. The quantitative estimate of drug-likeness (QED) is 0.588. The normalized spacial score (nSPS) is 11.5. The van der Waals surface area contributed by atoms with E-state index in [1.54, 1.807) is 0 Å². The van der Waals surface area contributed by atoms with Crippen LogP contribution in [0.25, 0.3) is 0 Å². The molecule has 0 aliphatic rings. The van der Waals surface area contributed by atoms with Crippen molar-refractivity contribution in [2.24, 2.45) is 0 Å². The molecule has 0 aliphatic heterocycles. The molecule has 1 aromatic rings. The average Bonchev–Trinajstić information content (AvgIpc) is 2.06. The van der Waals surface area contributed by atoms with Crippen LogP contribution < -0.4 is 0 Å². The number of aryl methyl sites for hydroxylation is 1. The number of hydrogen-bond donors (Lipinski definition) is 0. The number of alkyl halides is 3. The highest BCUT2D eigenvalue weighted by Gasteiger charge is 2.40. The lowest BCUT2D eigenvalue weighted by Gasteiger charge is -2.07. The van der Waals surface area contributed by atoms with Crippen LogP contribution in [0.1, 0.15) is 11.4 Å². The number of aromatic nitrogens is 1. The molecule has 0 aliphatic carbocycles. The lowest BCUT2D eigenvalue weighted by Crippen LogP contribution is -2.12. The molecule has 0 amide bonds. The van der Waals surface area contributed by atoms with Gasteiger partial charge in [-0.15, -0.1) is 0 Å². The summed E-state index contributed by atoms with van der Waals surface area (Å²) in [5.41, 5.74) is -2.49. The fourth-order valence-electron chi connectivity index (χ4n) is 0.919. The molecule has 15 heavy (non-hydrogen) atoms. The van der Waals surface area contributed by atoms with E-state index < -0.39 is 22.5 Å². The Morgan fingerprint density at radius 1 is 1.53 bits per heavy atom. The molecule has 8 heteroatoms. The van der Waals surface area contributed by atoms with Gasteiger partial charge >= 0.3 is 11.9 Å². The molecule has 0 saturated heterocycles. The Labute approximate surface area is 90.4 Å². The van der Waals surface area contributed by atoms with Crippen molar-refractivity contribution in [3.8, 4) is 0 Å². The third-order valence-electron chi connectivity index (χ3n) is 1.60. The molecule has 0 saturated carbocycles. The molecule has 0 atom stereocenters. The van der Waals surface area contributed by atoms with Gasteiger partial charge in [-0.05, 0) is 22.9 Å². The Balaban J connectivity index is 3.49. The van der Waals surface area contributed by atoms with E-state index in [9.17, 15) is 23.3 Å². The highest BCUT2D eigenvalue weighted by atomic mass is 79.9. The van der Waals surface area contributed by atoms with Crippen molar-refractivity contribution in [2.75, 3.05) is 0 Å². The lowest BCUT2D eigenvalue weighted by molar-refractivity contribution is -0.388. The third-order valence-corrected chi connectivity index (χ3v) is 2.40. The number of nitrogens with zero attached hydrogens (tertiary/aromatic N) is 2. The smallest absolute Gasteiger partial charge is 0.258 e. The first-order valence-corrected chi connectivity index (χ1v) is 4.41. The summed E-state index contributed by atoms with van der Waals surface area (Å²) in [7, 11) is 0. The van der Waals surface area contributed by atoms with E-state index in [4.69, 9.17) is 0 Å². The van der Waals surface area contributed by atoms with Crippen LogP contribution in [0.15, 0.2) is 10.5 Å². The predicted molar refractivity (Wildman–Crippen MR) is 48.3 cm³/mol. The summed E-state index contributed by atoms with van der Waals surface area (Å²) >= 11 is 2.88. The second-order valence-electron chi connectivity index (χ2n) is 2.68. The van der Waals surface area contributed by atoms with Gasteiger partial charge in [0.2, 0.25) is 5.69 Å². The molecular weight excluding hydrogens is 281 g/mol. The highest BCUT2D eigenvalue weighted by molar-refractivity contribution is 9.10. The van der Waals surface area contributed by atoms with Gasteiger partial charge in [-0.3, -0.25) is 10.1 Å². The first-order valence-electron chi connectivity index (χ1n) is 3.62. The van der Waals surface area contributed by atoms with E-state index in [2.05, 4.69) is 20.9 Å². The molecule has 0 unspecified atom stereocenters. The van der Waals surface area contributed by atoms with Crippen molar-refractivity contribution in [1.82, 2.24) is 4.98 Å². The van der Waals surface area contributed by atoms with Crippen molar-refractivity contribution in [1.29, 1.82) is 0 Å². The maximum Gasteiger partial charge on any atom is 0.440 e. The van der Waals surface area contributed by atoms with E-state index in [0.717, 1.165) is 6.07 Å². The van der Waals surface area contributed by atoms with E-state index in [1.165, 1.54) is 6.92 Å². The molecule has 1 heterocycles.